The predicted molar refractivity (Wildman–Crippen MR) is 89.1 cm³/mol. The molecule has 6 heteroatoms. The highest BCUT2D eigenvalue weighted by atomic mass is 16.4. The SMILES string of the molecule is CC(C)c1cc(C(=O)N2C(C(=O)O)CC3CCCCC32)cc(=O)[nH]1. The molecule has 1 aromatic heterocycles. The summed E-state index contributed by atoms with van der Waals surface area (Å²) in [5, 5.41) is 9.56. The highest BCUT2D eigenvalue weighted by Gasteiger charge is 2.47. The number of aromatic nitrogens is 1. The van der Waals surface area contributed by atoms with E-state index in [2.05, 4.69) is 4.98 Å². The lowest BCUT2D eigenvalue weighted by molar-refractivity contribution is -0.141. The zero-order valence-electron chi connectivity index (χ0n) is 14.1. The van der Waals surface area contributed by atoms with Gasteiger partial charge in [-0.3, -0.25) is 9.59 Å². The normalized spacial score (nSPS) is 26.5. The van der Waals surface area contributed by atoms with Gasteiger partial charge in [-0.15, -0.1) is 0 Å². The van der Waals surface area contributed by atoms with Gasteiger partial charge in [-0.25, -0.2) is 4.79 Å². The van der Waals surface area contributed by atoms with Gasteiger partial charge in [0.05, 0.1) is 0 Å². The third-order valence-corrected chi connectivity index (χ3v) is 5.34. The number of amides is 1. The Bertz CT molecular complexity index is 709. The number of H-pyrrole nitrogens is 1. The van der Waals surface area contributed by atoms with Crippen LogP contribution in [0.15, 0.2) is 16.9 Å². The Hall–Kier alpha value is -2.11. The second kappa shape index (κ2) is 6.42. The highest BCUT2D eigenvalue weighted by molar-refractivity contribution is 5.97. The summed E-state index contributed by atoms with van der Waals surface area (Å²) < 4.78 is 0. The van der Waals surface area contributed by atoms with Crippen LogP contribution in [-0.2, 0) is 4.79 Å². The molecular formula is C18H24N2O4. The largest absolute Gasteiger partial charge is 0.480 e. The van der Waals surface area contributed by atoms with Crippen molar-refractivity contribution >= 4 is 11.9 Å². The smallest absolute Gasteiger partial charge is 0.326 e. The second-order valence-electron chi connectivity index (χ2n) is 7.26. The van der Waals surface area contributed by atoms with E-state index < -0.39 is 12.0 Å². The Balaban J connectivity index is 1.97. The molecule has 3 unspecified atom stereocenters. The van der Waals surface area contributed by atoms with Crippen LogP contribution in [0.5, 0.6) is 0 Å². The number of carbonyl (C=O) groups is 2. The first kappa shape index (κ1) is 16.7. The van der Waals surface area contributed by atoms with Crippen LogP contribution in [0, 0.1) is 5.92 Å². The van der Waals surface area contributed by atoms with E-state index in [1.165, 1.54) is 11.0 Å². The van der Waals surface area contributed by atoms with Crippen molar-refractivity contribution in [3.8, 4) is 0 Å². The Kier molecular flexibility index (Phi) is 4.47. The molecule has 1 saturated carbocycles. The van der Waals surface area contributed by atoms with Crippen molar-refractivity contribution in [3.63, 3.8) is 0 Å². The van der Waals surface area contributed by atoms with Gasteiger partial charge in [0.2, 0.25) is 5.56 Å². The molecule has 2 fully saturated rings. The number of hydrogen-bond donors (Lipinski definition) is 2. The maximum Gasteiger partial charge on any atom is 0.326 e. The average Bonchev–Trinajstić information content (AvgIpc) is 2.93. The number of aromatic amines is 1. The molecular weight excluding hydrogens is 308 g/mol. The van der Waals surface area contributed by atoms with E-state index in [1.807, 2.05) is 13.8 Å². The molecule has 0 bridgehead atoms. The van der Waals surface area contributed by atoms with E-state index in [0.717, 1.165) is 25.7 Å². The minimum absolute atomic E-state index is 0.0193. The van der Waals surface area contributed by atoms with Crippen molar-refractivity contribution in [1.82, 2.24) is 9.88 Å². The summed E-state index contributed by atoms with van der Waals surface area (Å²) in [6, 6.07) is 2.16. The fraction of sp³-hybridized carbons (Fsp3) is 0.611. The monoisotopic (exact) mass is 332 g/mol. The van der Waals surface area contributed by atoms with Crippen molar-refractivity contribution in [2.75, 3.05) is 0 Å². The number of carboxylic acids is 1. The molecule has 0 radical (unpaired) electrons. The predicted octanol–water partition coefficient (Wildman–Crippen LogP) is 2.36. The third kappa shape index (κ3) is 2.97. The number of carboxylic acid groups (broad SMARTS) is 1. The number of aliphatic carboxylic acids is 1. The lowest BCUT2D eigenvalue weighted by Crippen LogP contribution is -2.46. The molecule has 3 atom stereocenters. The molecule has 2 aliphatic rings. The summed E-state index contributed by atoms with van der Waals surface area (Å²) in [6.45, 7) is 3.87. The van der Waals surface area contributed by atoms with Gasteiger partial charge in [0.25, 0.3) is 5.91 Å². The molecule has 1 aliphatic heterocycles. The molecule has 1 aliphatic carbocycles. The number of nitrogens with zero attached hydrogens (tertiary/aromatic N) is 1. The van der Waals surface area contributed by atoms with Crippen LogP contribution in [0.1, 0.15) is 67.9 Å². The van der Waals surface area contributed by atoms with Crippen LogP contribution in [0.3, 0.4) is 0 Å². The van der Waals surface area contributed by atoms with Gasteiger partial charge in [0, 0.05) is 23.4 Å². The van der Waals surface area contributed by atoms with Crippen LogP contribution in [-0.4, -0.2) is 39.0 Å². The molecule has 130 valence electrons. The molecule has 1 saturated heterocycles. The van der Waals surface area contributed by atoms with Gasteiger partial charge < -0.3 is 15.0 Å². The number of rotatable bonds is 3. The van der Waals surface area contributed by atoms with Gasteiger partial charge >= 0.3 is 5.97 Å². The number of fused-ring (bicyclic) bond motifs is 1. The van der Waals surface area contributed by atoms with Crippen LogP contribution < -0.4 is 5.56 Å². The summed E-state index contributed by atoms with van der Waals surface area (Å²) >= 11 is 0. The minimum Gasteiger partial charge on any atom is -0.480 e. The van der Waals surface area contributed by atoms with Crippen LogP contribution >= 0.6 is 0 Å². The summed E-state index contributed by atoms with van der Waals surface area (Å²) in [7, 11) is 0. The Morgan fingerprint density at radius 1 is 1.25 bits per heavy atom. The fourth-order valence-corrected chi connectivity index (χ4v) is 4.12. The zero-order valence-corrected chi connectivity index (χ0v) is 14.1. The number of hydrogen-bond acceptors (Lipinski definition) is 3. The first-order valence-corrected chi connectivity index (χ1v) is 8.68. The molecule has 1 amide bonds. The van der Waals surface area contributed by atoms with E-state index in [9.17, 15) is 19.5 Å². The van der Waals surface area contributed by atoms with Crippen molar-refractivity contribution in [1.29, 1.82) is 0 Å². The van der Waals surface area contributed by atoms with Crippen LogP contribution in [0.2, 0.25) is 0 Å². The zero-order chi connectivity index (χ0) is 17.4. The lowest BCUT2D eigenvalue weighted by atomic mass is 9.84. The van der Waals surface area contributed by atoms with Crippen LogP contribution in [0.25, 0.3) is 0 Å². The first-order chi connectivity index (χ1) is 11.4. The maximum absolute atomic E-state index is 13.1. The number of nitrogens with one attached hydrogen (secondary N) is 1. The molecule has 24 heavy (non-hydrogen) atoms. The van der Waals surface area contributed by atoms with Crippen molar-refractivity contribution in [3.05, 3.63) is 33.7 Å². The van der Waals surface area contributed by atoms with Crippen molar-refractivity contribution in [2.24, 2.45) is 5.92 Å². The first-order valence-electron chi connectivity index (χ1n) is 8.68. The van der Waals surface area contributed by atoms with Gasteiger partial charge in [0.15, 0.2) is 0 Å². The highest BCUT2D eigenvalue weighted by Crippen LogP contribution is 2.40. The van der Waals surface area contributed by atoms with E-state index in [1.54, 1.807) is 6.07 Å². The standard InChI is InChI=1S/C18H24N2O4/c1-10(2)13-7-12(9-16(21)19-13)17(22)20-14-6-4-3-5-11(14)8-15(20)18(23)24/h7,9-11,14-15H,3-6,8H2,1-2H3,(H,19,21)(H,23,24). The number of carbonyl (C=O) groups excluding carboxylic acids is 1. The number of likely N-dealkylation sites (tertiary alicyclic amines) is 1. The van der Waals surface area contributed by atoms with Gasteiger partial charge in [-0.2, -0.15) is 0 Å². The topological polar surface area (TPSA) is 90.5 Å². The minimum atomic E-state index is -0.952. The molecule has 6 nitrogen and oxygen atoms in total. The molecule has 3 rings (SSSR count). The molecule has 0 spiro atoms. The summed E-state index contributed by atoms with van der Waals surface area (Å²) in [4.78, 5) is 40.9. The molecule has 2 heterocycles. The fourth-order valence-electron chi connectivity index (χ4n) is 4.12. The van der Waals surface area contributed by atoms with E-state index in [4.69, 9.17) is 0 Å². The molecule has 1 aromatic rings. The Morgan fingerprint density at radius 2 is 1.96 bits per heavy atom. The number of pyridine rings is 1. The molecule has 2 N–H and O–H groups in total. The summed E-state index contributed by atoms with van der Waals surface area (Å²) in [5.74, 6) is -0.937. The van der Waals surface area contributed by atoms with E-state index in [0.29, 0.717) is 17.7 Å². The summed E-state index contributed by atoms with van der Waals surface area (Å²) in [5.41, 5.74) is 0.660. The Morgan fingerprint density at radius 3 is 2.62 bits per heavy atom. The molecule has 0 aromatic carbocycles. The van der Waals surface area contributed by atoms with Gasteiger partial charge in [-0.05, 0) is 37.2 Å². The Labute approximate surface area is 140 Å². The summed E-state index contributed by atoms with van der Waals surface area (Å²) in [6.07, 6.45) is 4.46. The quantitative estimate of drug-likeness (QED) is 0.889. The van der Waals surface area contributed by atoms with Crippen molar-refractivity contribution in [2.45, 2.75) is 64.0 Å². The second-order valence-corrected chi connectivity index (χ2v) is 7.26. The van der Waals surface area contributed by atoms with Crippen molar-refractivity contribution < 1.29 is 14.7 Å². The van der Waals surface area contributed by atoms with E-state index in [-0.39, 0.29) is 29.3 Å². The average molecular weight is 332 g/mol. The van der Waals surface area contributed by atoms with E-state index >= 15 is 0 Å². The maximum atomic E-state index is 13.1. The lowest BCUT2D eigenvalue weighted by Gasteiger charge is -2.33. The van der Waals surface area contributed by atoms with Gasteiger partial charge in [0.1, 0.15) is 6.04 Å². The van der Waals surface area contributed by atoms with Crippen LogP contribution in [0.4, 0.5) is 0 Å². The van der Waals surface area contributed by atoms with Gasteiger partial charge in [-0.1, -0.05) is 26.7 Å². The third-order valence-electron chi connectivity index (χ3n) is 5.34.